The zero-order valence-electron chi connectivity index (χ0n) is 12.5. The molecule has 1 atom stereocenters. The lowest BCUT2D eigenvalue weighted by Crippen LogP contribution is -2.18. The van der Waals surface area contributed by atoms with E-state index in [1.54, 1.807) is 0 Å². The first-order valence-corrected chi connectivity index (χ1v) is 7.58. The normalized spacial score (nSPS) is 12.7. The van der Waals surface area contributed by atoms with Crippen molar-refractivity contribution in [2.24, 2.45) is 5.92 Å². The van der Waals surface area contributed by atoms with Crippen molar-refractivity contribution < 1.29 is 4.74 Å². The van der Waals surface area contributed by atoms with Crippen LogP contribution in [-0.2, 0) is 0 Å². The van der Waals surface area contributed by atoms with Gasteiger partial charge in [-0.05, 0) is 50.4 Å². The van der Waals surface area contributed by atoms with Crippen LogP contribution in [0.25, 0.3) is 0 Å². The van der Waals surface area contributed by atoms with Crippen LogP contribution < -0.4 is 10.1 Å². The van der Waals surface area contributed by atoms with Crippen molar-refractivity contribution in [1.29, 1.82) is 0 Å². The lowest BCUT2D eigenvalue weighted by atomic mass is 10.1. The first-order valence-electron chi connectivity index (χ1n) is 7.20. The van der Waals surface area contributed by atoms with Gasteiger partial charge in [0.2, 0.25) is 0 Å². The summed E-state index contributed by atoms with van der Waals surface area (Å²) >= 11 is 6.08. The Labute approximate surface area is 122 Å². The lowest BCUT2D eigenvalue weighted by Gasteiger charge is -2.18. The molecule has 1 aromatic rings. The van der Waals surface area contributed by atoms with Crippen molar-refractivity contribution >= 4 is 11.6 Å². The number of rotatable bonds is 8. The molecule has 1 rings (SSSR count). The monoisotopic (exact) mass is 283 g/mol. The Kier molecular flexibility index (Phi) is 7.25. The fourth-order valence-corrected chi connectivity index (χ4v) is 2.26. The third kappa shape index (κ3) is 5.84. The number of nitrogens with one attached hydrogen (secondary N) is 1. The molecule has 0 radical (unpaired) electrons. The van der Waals surface area contributed by atoms with Crippen molar-refractivity contribution in [3.8, 4) is 5.75 Å². The molecule has 0 bridgehead atoms. The molecule has 1 aromatic carbocycles. The molecule has 108 valence electrons. The van der Waals surface area contributed by atoms with E-state index >= 15 is 0 Å². The van der Waals surface area contributed by atoms with Gasteiger partial charge in [0.25, 0.3) is 0 Å². The summed E-state index contributed by atoms with van der Waals surface area (Å²) in [6.07, 6.45) is 2.29. The fraction of sp³-hybridized carbons (Fsp3) is 0.625. The van der Waals surface area contributed by atoms with Gasteiger partial charge in [-0.3, -0.25) is 0 Å². The van der Waals surface area contributed by atoms with Gasteiger partial charge >= 0.3 is 0 Å². The molecule has 0 spiro atoms. The predicted molar refractivity (Wildman–Crippen MR) is 83.1 cm³/mol. The number of benzene rings is 1. The number of halogens is 1. The van der Waals surface area contributed by atoms with Crippen molar-refractivity contribution in [3.05, 3.63) is 28.8 Å². The first kappa shape index (κ1) is 16.3. The highest BCUT2D eigenvalue weighted by Gasteiger charge is 2.11. The fourth-order valence-electron chi connectivity index (χ4n) is 2.08. The smallest absolute Gasteiger partial charge is 0.124 e. The van der Waals surface area contributed by atoms with E-state index in [0.29, 0.717) is 0 Å². The molecule has 0 fully saturated rings. The summed E-state index contributed by atoms with van der Waals surface area (Å²) in [5.74, 6) is 1.68. The minimum atomic E-state index is 0.254. The Hall–Kier alpha value is -0.730. The number of ether oxygens (including phenoxy) is 1. The van der Waals surface area contributed by atoms with Crippen molar-refractivity contribution in [2.45, 2.75) is 46.6 Å². The average Bonchev–Trinajstić information content (AvgIpc) is 2.36. The average molecular weight is 284 g/mol. The summed E-state index contributed by atoms with van der Waals surface area (Å²) in [4.78, 5) is 0. The summed E-state index contributed by atoms with van der Waals surface area (Å²) in [5.41, 5.74) is 1.14. The molecule has 0 saturated heterocycles. The van der Waals surface area contributed by atoms with E-state index in [-0.39, 0.29) is 6.04 Å². The topological polar surface area (TPSA) is 21.3 Å². The van der Waals surface area contributed by atoms with Crippen LogP contribution in [0.4, 0.5) is 0 Å². The van der Waals surface area contributed by atoms with Gasteiger partial charge in [0.1, 0.15) is 5.75 Å². The maximum absolute atomic E-state index is 6.08. The summed E-state index contributed by atoms with van der Waals surface area (Å²) < 4.78 is 5.91. The van der Waals surface area contributed by atoms with Gasteiger partial charge in [-0.25, -0.2) is 0 Å². The second-order valence-corrected chi connectivity index (χ2v) is 5.78. The molecule has 0 aliphatic rings. The van der Waals surface area contributed by atoms with Crippen LogP contribution in [0.15, 0.2) is 18.2 Å². The van der Waals surface area contributed by atoms with E-state index in [0.717, 1.165) is 41.8 Å². The molecule has 19 heavy (non-hydrogen) atoms. The largest absolute Gasteiger partial charge is 0.493 e. The molecule has 1 unspecified atom stereocenters. The molecule has 1 N–H and O–H groups in total. The zero-order valence-corrected chi connectivity index (χ0v) is 13.3. The van der Waals surface area contributed by atoms with Crippen molar-refractivity contribution in [1.82, 2.24) is 5.32 Å². The van der Waals surface area contributed by atoms with Gasteiger partial charge in [-0.1, -0.05) is 32.4 Å². The maximum Gasteiger partial charge on any atom is 0.124 e. The summed E-state index contributed by atoms with van der Waals surface area (Å²) in [6, 6.07) is 6.11. The van der Waals surface area contributed by atoms with Gasteiger partial charge in [0, 0.05) is 16.6 Å². The molecule has 0 saturated carbocycles. The maximum atomic E-state index is 6.08. The van der Waals surface area contributed by atoms with E-state index < -0.39 is 0 Å². The molecule has 0 amide bonds. The zero-order chi connectivity index (χ0) is 14.3. The third-order valence-corrected chi connectivity index (χ3v) is 3.37. The molecule has 0 heterocycles. The number of hydrogen-bond donors (Lipinski definition) is 1. The Balaban J connectivity index is 2.65. The first-order chi connectivity index (χ1) is 9.04. The highest BCUT2D eigenvalue weighted by atomic mass is 35.5. The molecular weight excluding hydrogens is 258 g/mol. The molecule has 3 heteroatoms. The minimum Gasteiger partial charge on any atom is -0.493 e. The molecule has 0 aliphatic carbocycles. The van der Waals surface area contributed by atoms with Gasteiger partial charge < -0.3 is 10.1 Å². The highest BCUT2D eigenvalue weighted by molar-refractivity contribution is 6.30. The van der Waals surface area contributed by atoms with E-state index in [4.69, 9.17) is 16.3 Å². The van der Waals surface area contributed by atoms with Crippen LogP contribution in [0.1, 0.15) is 52.1 Å². The summed E-state index contributed by atoms with van der Waals surface area (Å²) in [7, 11) is 0. The lowest BCUT2D eigenvalue weighted by molar-refractivity contribution is 0.292. The summed E-state index contributed by atoms with van der Waals surface area (Å²) in [6.45, 7) is 10.4. The number of hydrogen-bond acceptors (Lipinski definition) is 2. The summed E-state index contributed by atoms with van der Waals surface area (Å²) in [5, 5.41) is 4.16. The van der Waals surface area contributed by atoms with Crippen molar-refractivity contribution in [2.75, 3.05) is 13.2 Å². The SMILES string of the molecule is CCNC(C)c1cc(Cl)ccc1OCCCC(C)C. The van der Waals surface area contributed by atoms with E-state index in [2.05, 4.69) is 33.0 Å². The van der Waals surface area contributed by atoms with E-state index in [1.807, 2.05) is 18.2 Å². The van der Waals surface area contributed by atoms with Crippen LogP contribution in [0, 0.1) is 5.92 Å². The van der Waals surface area contributed by atoms with Crippen LogP contribution in [0.5, 0.6) is 5.75 Å². The Morgan fingerprint density at radius 2 is 2.00 bits per heavy atom. The van der Waals surface area contributed by atoms with Crippen molar-refractivity contribution in [3.63, 3.8) is 0 Å². The quantitative estimate of drug-likeness (QED) is 0.690. The van der Waals surface area contributed by atoms with Gasteiger partial charge in [0.15, 0.2) is 0 Å². The molecular formula is C16H26ClNO. The van der Waals surface area contributed by atoms with Crippen LogP contribution in [0.2, 0.25) is 5.02 Å². The van der Waals surface area contributed by atoms with Gasteiger partial charge in [-0.2, -0.15) is 0 Å². The second-order valence-electron chi connectivity index (χ2n) is 5.35. The van der Waals surface area contributed by atoms with Crippen LogP contribution in [-0.4, -0.2) is 13.2 Å². The Morgan fingerprint density at radius 1 is 1.26 bits per heavy atom. The third-order valence-electron chi connectivity index (χ3n) is 3.13. The van der Waals surface area contributed by atoms with E-state index in [1.165, 1.54) is 6.42 Å². The molecule has 0 aromatic heterocycles. The van der Waals surface area contributed by atoms with Crippen LogP contribution in [0.3, 0.4) is 0 Å². The Morgan fingerprint density at radius 3 is 2.63 bits per heavy atom. The Bertz CT molecular complexity index is 379. The highest BCUT2D eigenvalue weighted by Crippen LogP contribution is 2.28. The minimum absolute atomic E-state index is 0.254. The molecule has 0 aliphatic heterocycles. The van der Waals surface area contributed by atoms with Gasteiger partial charge in [-0.15, -0.1) is 0 Å². The second kappa shape index (κ2) is 8.44. The van der Waals surface area contributed by atoms with E-state index in [9.17, 15) is 0 Å². The molecule has 2 nitrogen and oxygen atoms in total. The standard InChI is InChI=1S/C16H26ClNO/c1-5-18-13(4)15-11-14(17)8-9-16(15)19-10-6-7-12(2)3/h8-9,11-13,18H,5-7,10H2,1-4H3. The predicted octanol–water partition coefficient (Wildman–Crippen LogP) is 4.83. The van der Waals surface area contributed by atoms with Gasteiger partial charge in [0.05, 0.1) is 6.61 Å². The van der Waals surface area contributed by atoms with Crippen LogP contribution >= 0.6 is 11.6 Å².